The van der Waals surface area contributed by atoms with Crippen molar-refractivity contribution in [1.82, 2.24) is 10.6 Å². The summed E-state index contributed by atoms with van der Waals surface area (Å²) in [6.07, 6.45) is 1.72. The van der Waals surface area contributed by atoms with Crippen LogP contribution in [0.5, 0.6) is 0 Å². The van der Waals surface area contributed by atoms with Crippen LogP contribution >= 0.6 is 0 Å². The SMILES string of the molecule is Cc1ccccc1C(=O)NC1CC[NH+](CC(=O)NCc2ccc(F)cc2)CC1. The highest BCUT2D eigenvalue weighted by molar-refractivity contribution is 5.95. The summed E-state index contributed by atoms with van der Waals surface area (Å²) in [4.78, 5) is 25.8. The number of likely N-dealkylation sites (tertiary alicyclic amines) is 1. The van der Waals surface area contributed by atoms with E-state index in [0.717, 1.165) is 42.6 Å². The van der Waals surface area contributed by atoms with Crippen molar-refractivity contribution in [1.29, 1.82) is 0 Å². The van der Waals surface area contributed by atoms with Crippen molar-refractivity contribution in [3.8, 4) is 0 Å². The lowest BCUT2D eigenvalue weighted by molar-refractivity contribution is -0.897. The average molecular weight is 384 g/mol. The van der Waals surface area contributed by atoms with Gasteiger partial charge in [0.2, 0.25) is 0 Å². The van der Waals surface area contributed by atoms with E-state index in [-0.39, 0.29) is 23.7 Å². The summed E-state index contributed by atoms with van der Waals surface area (Å²) < 4.78 is 12.9. The molecule has 0 spiro atoms. The lowest BCUT2D eigenvalue weighted by Crippen LogP contribution is -3.14. The smallest absolute Gasteiger partial charge is 0.275 e. The normalized spacial score (nSPS) is 19.1. The summed E-state index contributed by atoms with van der Waals surface area (Å²) in [6.45, 7) is 4.46. The third-order valence-electron chi connectivity index (χ3n) is 5.23. The lowest BCUT2D eigenvalue weighted by Gasteiger charge is -2.29. The zero-order valence-corrected chi connectivity index (χ0v) is 16.1. The van der Waals surface area contributed by atoms with E-state index in [1.54, 1.807) is 12.1 Å². The number of rotatable bonds is 6. The van der Waals surface area contributed by atoms with Crippen LogP contribution in [0.4, 0.5) is 4.39 Å². The van der Waals surface area contributed by atoms with E-state index in [0.29, 0.717) is 13.1 Å². The number of nitrogens with one attached hydrogen (secondary N) is 3. The fourth-order valence-corrected chi connectivity index (χ4v) is 3.53. The van der Waals surface area contributed by atoms with Gasteiger partial charge in [0.1, 0.15) is 5.82 Å². The minimum absolute atomic E-state index is 0.0123. The van der Waals surface area contributed by atoms with Crippen LogP contribution in [0, 0.1) is 12.7 Å². The number of carbonyl (C=O) groups is 2. The van der Waals surface area contributed by atoms with Crippen LogP contribution in [-0.2, 0) is 11.3 Å². The summed E-state index contributed by atoms with van der Waals surface area (Å²) >= 11 is 0. The Morgan fingerprint density at radius 3 is 2.43 bits per heavy atom. The molecule has 0 atom stereocenters. The topological polar surface area (TPSA) is 62.6 Å². The zero-order chi connectivity index (χ0) is 19.9. The van der Waals surface area contributed by atoms with Gasteiger partial charge in [-0.15, -0.1) is 0 Å². The molecule has 1 saturated heterocycles. The summed E-state index contributed by atoms with van der Waals surface area (Å²) in [5, 5.41) is 6.00. The second kappa shape index (κ2) is 9.46. The van der Waals surface area contributed by atoms with Crippen LogP contribution in [0.2, 0.25) is 0 Å². The summed E-state index contributed by atoms with van der Waals surface area (Å²) in [6, 6.07) is 13.9. The van der Waals surface area contributed by atoms with Crippen molar-refractivity contribution in [2.45, 2.75) is 32.4 Å². The van der Waals surface area contributed by atoms with E-state index in [1.807, 2.05) is 31.2 Å². The van der Waals surface area contributed by atoms with Gasteiger partial charge in [-0.25, -0.2) is 4.39 Å². The van der Waals surface area contributed by atoms with Gasteiger partial charge in [-0.1, -0.05) is 30.3 Å². The van der Waals surface area contributed by atoms with Gasteiger partial charge in [0.15, 0.2) is 6.54 Å². The van der Waals surface area contributed by atoms with Crippen LogP contribution in [0.25, 0.3) is 0 Å². The molecule has 3 N–H and O–H groups in total. The van der Waals surface area contributed by atoms with E-state index in [4.69, 9.17) is 0 Å². The highest BCUT2D eigenvalue weighted by atomic mass is 19.1. The molecule has 3 rings (SSSR count). The summed E-state index contributed by atoms with van der Waals surface area (Å²) in [5.41, 5.74) is 2.57. The minimum atomic E-state index is -0.281. The lowest BCUT2D eigenvalue weighted by atomic mass is 10.0. The number of amides is 2. The maximum absolute atomic E-state index is 12.9. The molecule has 2 aromatic carbocycles. The van der Waals surface area contributed by atoms with Crippen molar-refractivity contribution in [3.63, 3.8) is 0 Å². The second-order valence-corrected chi connectivity index (χ2v) is 7.39. The quantitative estimate of drug-likeness (QED) is 0.702. The molecule has 0 saturated carbocycles. The predicted molar refractivity (Wildman–Crippen MR) is 105 cm³/mol. The Kier molecular flexibility index (Phi) is 6.76. The molecule has 0 bridgehead atoms. The highest BCUT2D eigenvalue weighted by Gasteiger charge is 2.25. The number of quaternary nitrogens is 1. The first-order chi connectivity index (χ1) is 13.5. The van der Waals surface area contributed by atoms with E-state index in [9.17, 15) is 14.0 Å². The second-order valence-electron chi connectivity index (χ2n) is 7.39. The van der Waals surface area contributed by atoms with Gasteiger partial charge in [0, 0.05) is 31.0 Å². The molecule has 1 heterocycles. The maximum atomic E-state index is 12.9. The van der Waals surface area contributed by atoms with Gasteiger partial charge in [-0.3, -0.25) is 9.59 Å². The number of piperidine rings is 1. The van der Waals surface area contributed by atoms with E-state index >= 15 is 0 Å². The minimum Gasteiger partial charge on any atom is -0.349 e. The number of carbonyl (C=O) groups excluding carboxylic acids is 2. The van der Waals surface area contributed by atoms with Gasteiger partial charge < -0.3 is 15.5 Å². The van der Waals surface area contributed by atoms with Gasteiger partial charge >= 0.3 is 0 Å². The number of aryl methyl sites for hydroxylation is 1. The van der Waals surface area contributed by atoms with Gasteiger partial charge in [-0.05, 0) is 36.2 Å². The van der Waals surface area contributed by atoms with Crippen molar-refractivity contribution in [2.24, 2.45) is 0 Å². The van der Waals surface area contributed by atoms with Crippen LogP contribution in [0.3, 0.4) is 0 Å². The average Bonchev–Trinajstić information content (AvgIpc) is 2.69. The Morgan fingerprint density at radius 1 is 1.07 bits per heavy atom. The molecule has 0 unspecified atom stereocenters. The summed E-state index contributed by atoms with van der Waals surface area (Å²) in [7, 11) is 0. The summed E-state index contributed by atoms with van der Waals surface area (Å²) in [5.74, 6) is -0.317. The Morgan fingerprint density at radius 2 is 1.75 bits per heavy atom. The molecule has 1 fully saturated rings. The first-order valence-electron chi connectivity index (χ1n) is 9.72. The fourth-order valence-electron chi connectivity index (χ4n) is 3.53. The van der Waals surface area contributed by atoms with Gasteiger partial charge in [0.25, 0.3) is 11.8 Å². The maximum Gasteiger partial charge on any atom is 0.275 e. The molecular formula is C22H27FN3O2+. The Bertz CT molecular complexity index is 815. The largest absolute Gasteiger partial charge is 0.349 e. The van der Waals surface area contributed by atoms with Crippen LogP contribution < -0.4 is 15.5 Å². The molecule has 0 radical (unpaired) electrons. The molecule has 2 aromatic rings. The zero-order valence-electron chi connectivity index (χ0n) is 16.1. The standard InChI is InChI=1S/C22H26FN3O2/c1-16-4-2-3-5-20(16)22(28)25-19-10-12-26(13-11-19)15-21(27)24-14-17-6-8-18(23)9-7-17/h2-9,19H,10-15H2,1H3,(H,24,27)(H,25,28)/p+1. The highest BCUT2D eigenvalue weighted by Crippen LogP contribution is 2.08. The number of hydrogen-bond acceptors (Lipinski definition) is 2. The van der Waals surface area contributed by atoms with Crippen molar-refractivity contribution >= 4 is 11.8 Å². The molecule has 1 aliphatic rings. The van der Waals surface area contributed by atoms with Crippen molar-refractivity contribution < 1.29 is 18.9 Å². The predicted octanol–water partition coefficient (Wildman–Crippen LogP) is 1.23. The molecule has 0 aliphatic carbocycles. The first kappa shape index (κ1) is 20.0. The molecular weight excluding hydrogens is 357 g/mol. The molecule has 5 nitrogen and oxygen atoms in total. The Balaban J connectivity index is 1.39. The van der Waals surface area contributed by atoms with E-state index < -0.39 is 0 Å². The van der Waals surface area contributed by atoms with E-state index in [1.165, 1.54) is 17.0 Å². The Hall–Kier alpha value is -2.73. The molecule has 148 valence electrons. The monoisotopic (exact) mass is 384 g/mol. The number of benzene rings is 2. The van der Waals surface area contributed by atoms with Crippen LogP contribution in [-0.4, -0.2) is 37.5 Å². The molecule has 28 heavy (non-hydrogen) atoms. The number of hydrogen-bond donors (Lipinski definition) is 3. The van der Waals surface area contributed by atoms with Crippen LogP contribution in [0.15, 0.2) is 48.5 Å². The Labute approximate surface area is 164 Å². The molecule has 6 heteroatoms. The van der Waals surface area contributed by atoms with E-state index in [2.05, 4.69) is 10.6 Å². The van der Waals surface area contributed by atoms with Crippen LogP contribution in [0.1, 0.15) is 34.3 Å². The molecule has 2 amide bonds. The third kappa shape index (κ3) is 5.63. The molecule has 0 aromatic heterocycles. The van der Waals surface area contributed by atoms with Crippen molar-refractivity contribution in [3.05, 3.63) is 71.0 Å². The molecule has 1 aliphatic heterocycles. The third-order valence-corrected chi connectivity index (χ3v) is 5.23. The van der Waals surface area contributed by atoms with Gasteiger partial charge in [-0.2, -0.15) is 0 Å². The fraction of sp³-hybridized carbons (Fsp3) is 0.364. The van der Waals surface area contributed by atoms with Gasteiger partial charge in [0.05, 0.1) is 13.1 Å². The van der Waals surface area contributed by atoms with Crippen molar-refractivity contribution in [2.75, 3.05) is 19.6 Å². The number of halogens is 1. The first-order valence-corrected chi connectivity index (χ1v) is 9.72.